The maximum atomic E-state index is 12.4. The third-order valence-corrected chi connectivity index (χ3v) is 2.67. The van der Waals surface area contributed by atoms with E-state index < -0.39 is 11.7 Å². The van der Waals surface area contributed by atoms with Gasteiger partial charge in [0, 0.05) is 18.6 Å². The van der Waals surface area contributed by atoms with Gasteiger partial charge in [0.05, 0.1) is 11.6 Å². The van der Waals surface area contributed by atoms with E-state index in [1.54, 1.807) is 12.4 Å². The van der Waals surface area contributed by atoms with Crippen molar-refractivity contribution < 1.29 is 13.2 Å². The Morgan fingerprint density at radius 1 is 1.32 bits per heavy atom. The molecule has 19 heavy (non-hydrogen) atoms. The van der Waals surface area contributed by atoms with Crippen molar-refractivity contribution >= 4 is 5.82 Å². The van der Waals surface area contributed by atoms with Gasteiger partial charge in [0.25, 0.3) is 0 Å². The number of aromatic nitrogens is 3. The van der Waals surface area contributed by atoms with Crippen LogP contribution >= 0.6 is 0 Å². The van der Waals surface area contributed by atoms with Gasteiger partial charge in [-0.15, -0.1) is 0 Å². The van der Waals surface area contributed by atoms with Crippen LogP contribution in [-0.2, 0) is 6.18 Å². The molecule has 0 fully saturated rings. The van der Waals surface area contributed by atoms with Gasteiger partial charge in [-0.2, -0.15) is 13.2 Å². The number of aromatic amines is 1. The van der Waals surface area contributed by atoms with Crippen LogP contribution in [0.3, 0.4) is 0 Å². The van der Waals surface area contributed by atoms with Crippen LogP contribution in [0.15, 0.2) is 30.7 Å². The van der Waals surface area contributed by atoms with Crippen molar-refractivity contribution in [3.05, 3.63) is 42.1 Å². The number of halogens is 3. The average Bonchev–Trinajstić information content (AvgIpc) is 2.89. The van der Waals surface area contributed by atoms with Gasteiger partial charge < -0.3 is 10.3 Å². The highest BCUT2D eigenvalue weighted by Crippen LogP contribution is 2.29. The zero-order valence-electron chi connectivity index (χ0n) is 10.2. The SMILES string of the molecule is CCC(Nc1ccc(C(F)(F)F)cn1)c1ncc[nH]1. The van der Waals surface area contributed by atoms with Crippen LogP contribution in [0.4, 0.5) is 19.0 Å². The quantitative estimate of drug-likeness (QED) is 0.895. The Hall–Kier alpha value is -2.05. The highest BCUT2D eigenvalue weighted by Gasteiger charge is 2.30. The third-order valence-electron chi connectivity index (χ3n) is 2.67. The number of alkyl halides is 3. The minimum atomic E-state index is -4.36. The average molecular weight is 270 g/mol. The summed E-state index contributed by atoms with van der Waals surface area (Å²) >= 11 is 0. The lowest BCUT2D eigenvalue weighted by Crippen LogP contribution is -2.13. The predicted molar refractivity (Wildman–Crippen MR) is 64.5 cm³/mol. The molecular formula is C12H13F3N4. The Morgan fingerprint density at radius 2 is 2.11 bits per heavy atom. The van der Waals surface area contributed by atoms with E-state index in [2.05, 4.69) is 20.3 Å². The van der Waals surface area contributed by atoms with Gasteiger partial charge in [-0.3, -0.25) is 0 Å². The lowest BCUT2D eigenvalue weighted by Gasteiger charge is -2.15. The molecule has 0 amide bonds. The highest BCUT2D eigenvalue weighted by atomic mass is 19.4. The van der Waals surface area contributed by atoms with Crippen LogP contribution in [-0.4, -0.2) is 15.0 Å². The molecule has 1 atom stereocenters. The number of anilines is 1. The first-order valence-corrected chi connectivity index (χ1v) is 5.79. The smallest absolute Gasteiger partial charge is 0.360 e. The van der Waals surface area contributed by atoms with Crippen molar-refractivity contribution in [3.8, 4) is 0 Å². The van der Waals surface area contributed by atoms with Crippen LogP contribution in [0.2, 0.25) is 0 Å². The number of hydrogen-bond acceptors (Lipinski definition) is 3. The second-order valence-electron chi connectivity index (χ2n) is 4.01. The number of imidazole rings is 1. The Morgan fingerprint density at radius 3 is 2.58 bits per heavy atom. The lowest BCUT2D eigenvalue weighted by molar-refractivity contribution is -0.137. The molecule has 0 saturated carbocycles. The second-order valence-corrected chi connectivity index (χ2v) is 4.01. The fraction of sp³-hybridized carbons (Fsp3) is 0.333. The van der Waals surface area contributed by atoms with Gasteiger partial charge in [-0.05, 0) is 18.6 Å². The number of rotatable bonds is 4. The summed E-state index contributed by atoms with van der Waals surface area (Å²) in [5.74, 6) is 1.11. The Kier molecular flexibility index (Phi) is 3.73. The molecule has 0 radical (unpaired) electrons. The first-order chi connectivity index (χ1) is 9.00. The second kappa shape index (κ2) is 5.29. The number of pyridine rings is 1. The normalized spacial score (nSPS) is 13.3. The van der Waals surface area contributed by atoms with E-state index in [-0.39, 0.29) is 6.04 Å². The summed E-state index contributed by atoms with van der Waals surface area (Å²) in [6.07, 6.45) is 0.504. The monoisotopic (exact) mass is 270 g/mol. The molecule has 0 bridgehead atoms. The zero-order chi connectivity index (χ0) is 13.9. The van der Waals surface area contributed by atoms with Crippen molar-refractivity contribution in [2.75, 3.05) is 5.32 Å². The van der Waals surface area contributed by atoms with Crippen molar-refractivity contribution in [2.24, 2.45) is 0 Å². The lowest BCUT2D eigenvalue weighted by atomic mass is 10.2. The number of nitrogens with one attached hydrogen (secondary N) is 2. The first-order valence-electron chi connectivity index (χ1n) is 5.79. The molecule has 2 aromatic rings. The molecule has 0 spiro atoms. The Labute approximate surface area is 108 Å². The number of nitrogens with zero attached hydrogens (tertiary/aromatic N) is 2. The first kappa shape index (κ1) is 13.4. The number of H-pyrrole nitrogens is 1. The van der Waals surface area contributed by atoms with Crippen LogP contribution in [0.5, 0.6) is 0 Å². The molecule has 0 aliphatic carbocycles. The van der Waals surface area contributed by atoms with Crippen molar-refractivity contribution in [1.82, 2.24) is 15.0 Å². The Balaban J connectivity index is 2.11. The molecule has 0 aliphatic rings. The van der Waals surface area contributed by atoms with E-state index in [4.69, 9.17) is 0 Å². The summed E-state index contributed by atoms with van der Waals surface area (Å²) in [4.78, 5) is 10.8. The van der Waals surface area contributed by atoms with Gasteiger partial charge in [-0.1, -0.05) is 6.92 Å². The molecule has 0 aromatic carbocycles. The summed E-state index contributed by atoms with van der Waals surface area (Å²) in [7, 11) is 0. The molecule has 0 aliphatic heterocycles. The number of hydrogen-bond donors (Lipinski definition) is 2. The minimum Gasteiger partial charge on any atom is -0.360 e. The maximum Gasteiger partial charge on any atom is 0.417 e. The van der Waals surface area contributed by atoms with Gasteiger partial charge >= 0.3 is 6.18 Å². The van der Waals surface area contributed by atoms with Crippen molar-refractivity contribution in [1.29, 1.82) is 0 Å². The van der Waals surface area contributed by atoms with Gasteiger partial charge in [0.15, 0.2) is 0 Å². The van der Waals surface area contributed by atoms with Gasteiger partial charge in [0.2, 0.25) is 0 Å². The molecule has 2 heterocycles. The van der Waals surface area contributed by atoms with Gasteiger partial charge in [-0.25, -0.2) is 9.97 Å². The molecule has 0 saturated heterocycles. The zero-order valence-corrected chi connectivity index (χ0v) is 10.2. The van der Waals surface area contributed by atoms with E-state index in [1.807, 2.05) is 6.92 Å². The summed E-state index contributed by atoms with van der Waals surface area (Å²) in [5.41, 5.74) is -0.760. The molecular weight excluding hydrogens is 257 g/mol. The maximum absolute atomic E-state index is 12.4. The summed E-state index contributed by atoms with van der Waals surface area (Å²) < 4.78 is 37.2. The molecule has 1 unspecified atom stereocenters. The largest absolute Gasteiger partial charge is 0.417 e. The summed E-state index contributed by atoms with van der Waals surface area (Å²) in [6, 6.07) is 2.21. The topological polar surface area (TPSA) is 53.6 Å². The van der Waals surface area contributed by atoms with Crippen molar-refractivity contribution in [3.63, 3.8) is 0 Å². The predicted octanol–water partition coefficient (Wildman–Crippen LogP) is 3.39. The van der Waals surface area contributed by atoms with E-state index in [1.165, 1.54) is 6.07 Å². The molecule has 2 rings (SSSR count). The van der Waals surface area contributed by atoms with E-state index in [0.29, 0.717) is 5.82 Å². The van der Waals surface area contributed by atoms with Crippen LogP contribution < -0.4 is 5.32 Å². The summed E-state index contributed by atoms with van der Waals surface area (Å²) in [5, 5.41) is 3.04. The van der Waals surface area contributed by atoms with Crippen molar-refractivity contribution in [2.45, 2.75) is 25.6 Å². The van der Waals surface area contributed by atoms with Gasteiger partial charge in [0.1, 0.15) is 11.6 Å². The third kappa shape index (κ3) is 3.24. The Bertz CT molecular complexity index is 505. The van der Waals surface area contributed by atoms with E-state index in [0.717, 1.165) is 24.5 Å². The fourth-order valence-corrected chi connectivity index (χ4v) is 1.66. The van der Waals surface area contributed by atoms with Crippen LogP contribution in [0.1, 0.15) is 30.8 Å². The van der Waals surface area contributed by atoms with E-state index in [9.17, 15) is 13.2 Å². The molecule has 2 N–H and O–H groups in total. The summed E-state index contributed by atoms with van der Waals surface area (Å²) in [6.45, 7) is 1.95. The molecule has 102 valence electrons. The minimum absolute atomic E-state index is 0.112. The van der Waals surface area contributed by atoms with E-state index >= 15 is 0 Å². The fourth-order valence-electron chi connectivity index (χ4n) is 1.66. The van der Waals surface area contributed by atoms with Crippen LogP contribution in [0.25, 0.3) is 0 Å². The highest BCUT2D eigenvalue weighted by molar-refractivity contribution is 5.38. The molecule has 2 aromatic heterocycles. The molecule has 7 heteroatoms. The molecule has 4 nitrogen and oxygen atoms in total. The standard InChI is InChI=1S/C12H13F3N4/c1-2-9(11-16-5-6-17-11)19-10-4-3-8(7-18-10)12(13,14)15/h3-7,9H,2H2,1H3,(H,16,17)(H,18,19). The van der Waals surface area contributed by atoms with Crippen LogP contribution in [0, 0.1) is 0 Å².